The largest absolute Gasteiger partial charge is 0.332 e. The van der Waals surface area contributed by atoms with Crippen LogP contribution < -0.4 is 0 Å². The highest BCUT2D eigenvalue weighted by Crippen LogP contribution is 2.24. The normalized spacial score (nSPS) is 19.3. The fraction of sp³-hybridized carbons (Fsp3) is 0.533. The first-order valence-electron chi connectivity index (χ1n) is 7.24. The predicted molar refractivity (Wildman–Crippen MR) is 89.2 cm³/mol. The van der Waals surface area contributed by atoms with Gasteiger partial charge >= 0.3 is 0 Å². The van der Waals surface area contributed by atoms with Gasteiger partial charge in [0.25, 0.3) is 0 Å². The van der Waals surface area contributed by atoms with Crippen LogP contribution in [0, 0.1) is 6.92 Å². The predicted octanol–water partition coefficient (Wildman–Crippen LogP) is 2.00. The average Bonchev–Trinajstić information content (AvgIpc) is 3.05. The topological polar surface area (TPSA) is 57.7 Å². The Bertz CT molecular complexity index is 651. The molecule has 1 saturated heterocycles. The molecule has 22 heavy (non-hydrogen) atoms. The summed E-state index contributed by atoms with van der Waals surface area (Å²) in [6.45, 7) is 7.07. The number of aryl methyl sites for hydroxylation is 1. The Balaban J connectivity index is 2.17. The van der Waals surface area contributed by atoms with Crippen molar-refractivity contribution in [3.63, 3.8) is 0 Å². The molecular formula is C15H22N2O3S2. The van der Waals surface area contributed by atoms with Crippen LogP contribution in [0.2, 0.25) is 0 Å². The molecule has 0 radical (unpaired) electrons. The molecule has 1 amide bonds. The quantitative estimate of drug-likeness (QED) is 0.743. The Morgan fingerprint density at radius 2 is 2.27 bits per heavy atom. The molecule has 0 N–H and O–H groups in total. The summed E-state index contributed by atoms with van der Waals surface area (Å²) >= 11 is 1.65. The Labute approximate surface area is 136 Å². The third-order valence-corrected chi connectivity index (χ3v) is 5.99. The van der Waals surface area contributed by atoms with Crippen LogP contribution in [0.5, 0.6) is 0 Å². The summed E-state index contributed by atoms with van der Waals surface area (Å²) in [6, 6.07) is 3.46. The van der Waals surface area contributed by atoms with Gasteiger partial charge in [-0.1, -0.05) is 6.08 Å². The number of nitrogens with zero attached hydrogens (tertiary/aromatic N) is 2. The highest BCUT2D eigenvalue weighted by Gasteiger charge is 2.38. The Kier molecular flexibility index (Phi) is 5.41. The van der Waals surface area contributed by atoms with E-state index in [9.17, 15) is 13.2 Å². The Hall–Kier alpha value is -1.18. The van der Waals surface area contributed by atoms with Crippen LogP contribution in [0.3, 0.4) is 0 Å². The third kappa shape index (κ3) is 3.97. The minimum absolute atomic E-state index is 0.131. The van der Waals surface area contributed by atoms with E-state index in [1.165, 1.54) is 15.4 Å². The highest BCUT2D eigenvalue weighted by atomic mass is 32.2. The monoisotopic (exact) mass is 342 g/mol. The number of rotatable bonds is 6. The Morgan fingerprint density at radius 1 is 1.55 bits per heavy atom. The van der Waals surface area contributed by atoms with Gasteiger partial charge in [0.05, 0.1) is 12.8 Å². The maximum atomic E-state index is 12.8. The fourth-order valence-corrected chi connectivity index (χ4v) is 4.77. The molecule has 1 fully saturated rings. The number of carbonyl (C=O) groups is 1. The molecule has 1 unspecified atom stereocenters. The van der Waals surface area contributed by atoms with Gasteiger partial charge in [0, 0.05) is 22.8 Å². The molecule has 1 aliphatic heterocycles. The van der Waals surface area contributed by atoms with Crippen molar-refractivity contribution in [1.29, 1.82) is 0 Å². The van der Waals surface area contributed by atoms with E-state index in [-0.39, 0.29) is 5.91 Å². The van der Waals surface area contributed by atoms with Crippen LogP contribution in [-0.2, 0) is 21.4 Å². The molecule has 1 atom stereocenters. The van der Waals surface area contributed by atoms with Crippen molar-refractivity contribution >= 4 is 27.3 Å². The molecule has 0 aromatic carbocycles. The van der Waals surface area contributed by atoms with E-state index in [4.69, 9.17) is 0 Å². The lowest BCUT2D eigenvalue weighted by molar-refractivity contribution is -0.134. The van der Waals surface area contributed by atoms with Crippen molar-refractivity contribution in [2.45, 2.75) is 32.4 Å². The van der Waals surface area contributed by atoms with Crippen molar-refractivity contribution in [2.24, 2.45) is 0 Å². The second-order valence-corrected chi connectivity index (χ2v) is 8.86. The zero-order valence-corrected chi connectivity index (χ0v) is 14.6. The molecule has 2 rings (SSSR count). The minimum Gasteiger partial charge on any atom is -0.332 e. The average molecular weight is 342 g/mol. The van der Waals surface area contributed by atoms with E-state index in [2.05, 4.69) is 6.58 Å². The summed E-state index contributed by atoms with van der Waals surface area (Å²) in [6.07, 6.45) is 4.16. The lowest BCUT2D eigenvalue weighted by atomic mass is 10.2. The van der Waals surface area contributed by atoms with Gasteiger partial charge in [-0.3, -0.25) is 4.79 Å². The SMILES string of the molecule is C=CCN(Cc1ccc(C)s1)C(=O)C1CCCN1S(C)(=O)=O. The number of hydrogen-bond acceptors (Lipinski definition) is 4. The van der Waals surface area contributed by atoms with Gasteiger partial charge in [-0.2, -0.15) is 4.31 Å². The molecule has 122 valence electrons. The Morgan fingerprint density at radius 3 is 2.82 bits per heavy atom. The molecule has 1 aliphatic rings. The molecule has 5 nitrogen and oxygen atoms in total. The highest BCUT2D eigenvalue weighted by molar-refractivity contribution is 7.88. The van der Waals surface area contributed by atoms with Crippen molar-refractivity contribution in [2.75, 3.05) is 19.3 Å². The van der Waals surface area contributed by atoms with Crippen molar-refractivity contribution in [1.82, 2.24) is 9.21 Å². The van der Waals surface area contributed by atoms with Crippen LogP contribution in [-0.4, -0.2) is 48.9 Å². The molecule has 1 aromatic rings. The molecule has 1 aromatic heterocycles. The van der Waals surface area contributed by atoms with Crippen LogP contribution in [0.15, 0.2) is 24.8 Å². The van der Waals surface area contributed by atoms with E-state index in [0.29, 0.717) is 26.1 Å². The summed E-state index contributed by atoms with van der Waals surface area (Å²) in [5, 5.41) is 0. The zero-order chi connectivity index (χ0) is 16.3. The van der Waals surface area contributed by atoms with Crippen molar-refractivity contribution < 1.29 is 13.2 Å². The van der Waals surface area contributed by atoms with E-state index in [0.717, 1.165) is 11.3 Å². The number of sulfonamides is 1. The van der Waals surface area contributed by atoms with E-state index >= 15 is 0 Å². The van der Waals surface area contributed by atoms with Crippen LogP contribution in [0.1, 0.15) is 22.6 Å². The molecule has 0 saturated carbocycles. The van der Waals surface area contributed by atoms with Gasteiger partial charge in [0.1, 0.15) is 6.04 Å². The van der Waals surface area contributed by atoms with Gasteiger partial charge in [0.15, 0.2) is 0 Å². The first-order chi connectivity index (χ1) is 10.3. The van der Waals surface area contributed by atoms with Crippen LogP contribution in [0.4, 0.5) is 0 Å². The molecular weight excluding hydrogens is 320 g/mol. The van der Waals surface area contributed by atoms with Gasteiger partial charge in [-0.25, -0.2) is 8.42 Å². The smallest absolute Gasteiger partial charge is 0.241 e. The van der Waals surface area contributed by atoms with Crippen LogP contribution >= 0.6 is 11.3 Å². The molecule has 7 heteroatoms. The maximum absolute atomic E-state index is 12.8. The lowest BCUT2D eigenvalue weighted by Gasteiger charge is -2.28. The maximum Gasteiger partial charge on any atom is 0.241 e. The van der Waals surface area contributed by atoms with E-state index < -0.39 is 16.1 Å². The first kappa shape index (κ1) is 17.2. The fourth-order valence-electron chi connectivity index (χ4n) is 2.74. The van der Waals surface area contributed by atoms with Gasteiger partial charge in [-0.05, 0) is 31.9 Å². The summed E-state index contributed by atoms with van der Waals surface area (Å²) in [5.41, 5.74) is 0. The number of amides is 1. The standard InChI is InChI=1S/C15H22N2O3S2/c1-4-9-16(11-13-8-7-12(2)21-13)15(18)14-6-5-10-17(14)22(3,19)20/h4,7-8,14H,1,5-6,9-11H2,2-3H3. The molecule has 0 aliphatic carbocycles. The first-order valence-corrected chi connectivity index (χ1v) is 9.91. The summed E-state index contributed by atoms with van der Waals surface area (Å²) in [5.74, 6) is -0.131. The zero-order valence-electron chi connectivity index (χ0n) is 13.0. The number of hydrogen-bond donors (Lipinski definition) is 0. The van der Waals surface area contributed by atoms with Crippen LogP contribution in [0.25, 0.3) is 0 Å². The second kappa shape index (κ2) is 6.93. The summed E-state index contributed by atoms with van der Waals surface area (Å²) in [4.78, 5) is 16.8. The van der Waals surface area contributed by atoms with Crippen molar-refractivity contribution in [3.05, 3.63) is 34.5 Å². The second-order valence-electron chi connectivity index (χ2n) is 5.55. The molecule has 0 bridgehead atoms. The van der Waals surface area contributed by atoms with E-state index in [1.54, 1.807) is 22.3 Å². The number of thiophene rings is 1. The van der Waals surface area contributed by atoms with Gasteiger partial charge in [-0.15, -0.1) is 17.9 Å². The summed E-state index contributed by atoms with van der Waals surface area (Å²) < 4.78 is 25.0. The molecule has 0 spiro atoms. The third-order valence-electron chi connectivity index (χ3n) is 3.72. The minimum atomic E-state index is -3.35. The number of carbonyl (C=O) groups excluding carboxylic acids is 1. The summed E-state index contributed by atoms with van der Waals surface area (Å²) in [7, 11) is -3.35. The van der Waals surface area contributed by atoms with Gasteiger partial charge in [0.2, 0.25) is 15.9 Å². The molecule has 2 heterocycles. The lowest BCUT2D eigenvalue weighted by Crippen LogP contribution is -2.47. The van der Waals surface area contributed by atoms with Gasteiger partial charge < -0.3 is 4.90 Å². The van der Waals surface area contributed by atoms with Crippen molar-refractivity contribution in [3.8, 4) is 0 Å². The van der Waals surface area contributed by atoms with E-state index in [1.807, 2.05) is 19.1 Å².